The van der Waals surface area contributed by atoms with Gasteiger partial charge in [0.05, 0.1) is 5.54 Å². The van der Waals surface area contributed by atoms with Gasteiger partial charge in [0.15, 0.2) is 0 Å². The lowest BCUT2D eigenvalue weighted by atomic mass is 10.00. The normalized spacial score (nSPS) is 15.6. The van der Waals surface area contributed by atoms with Gasteiger partial charge in [-0.3, -0.25) is 0 Å². The summed E-state index contributed by atoms with van der Waals surface area (Å²) < 4.78 is 35.2. The van der Waals surface area contributed by atoms with Crippen LogP contribution in [-0.4, -0.2) is 30.8 Å². The van der Waals surface area contributed by atoms with Crippen LogP contribution >= 0.6 is 0 Å². The fourth-order valence-corrected chi connectivity index (χ4v) is 0.783. The van der Waals surface area contributed by atoms with E-state index in [0.29, 0.717) is 6.42 Å². The lowest BCUT2D eigenvalue weighted by Crippen LogP contribution is -2.55. The van der Waals surface area contributed by atoms with Crippen LogP contribution in [0.3, 0.4) is 0 Å². The summed E-state index contributed by atoms with van der Waals surface area (Å²) in [6.07, 6.45) is -3.86. The zero-order valence-corrected chi connectivity index (χ0v) is 8.74. The molecule has 0 saturated carbocycles. The lowest BCUT2D eigenvalue weighted by Gasteiger charge is -2.28. The average molecular weight is 227 g/mol. The second-order valence-corrected chi connectivity index (χ2v) is 3.54. The molecule has 0 fully saturated rings. The van der Waals surface area contributed by atoms with Crippen LogP contribution < -0.4 is 16.4 Å². The van der Waals surface area contributed by atoms with E-state index < -0.39 is 24.3 Å². The Labute approximate surface area is 86.4 Å². The largest absolute Gasteiger partial charge is 0.405 e. The summed E-state index contributed by atoms with van der Waals surface area (Å²) in [7, 11) is 0. The van der Waals surface area contributed by atoms with E-state index in [9.17, 15) is 18.0 Å². The van der Waals surface area contributed by atoms with Crippen LogP contribution in [0, 0.1) is 0 Å². The number of nitrogens with one attached hydrogen (secondary N) is 2. The number of amides is 2. The first-order chi connectivity index (χ1) is 6.72. The molecule has 0 aromatic rings. The Morgan fingerprint density at radius 2 is 1.93 bits per heavy atom. The first-order valence-corrected chi connectivity index (χ1v) is 4.55. The summed E-state index contributed by atoms with van der Waals surface area (Å²) in [5.41, 5.74) is 4.71. The van der Waals surface area contributed by atoms with E-state index in [4.69, 9.17) is 5.73 Å². The molecular formula is C8H16F3N3O. The zero-order valence-electron chi connectivity index (χ0n) is 8.74. The second kappa shape index (κ2) is 5.20. The molecule has 0 bridgehead atoms. The summed E-state index contributed by atoms with van der Waals surface area (Å²) in [5, 5.41) is 4.11. The van der Waals surface area contributed by atoms with Gasteiger partial charge >= 0.3 is 12.2 Å². The van der Waals surface area contributed by atoms with E-state index >= 15 is 0 Å². The maximum atomic E-state index is 11.7. The highest BCUT2D eigenvalue weighted by Gasteiger charge is 2.29. The van der Waals surface area contributed by atoms with Crippen molar-refractivity contribution in [3.05, 3.63) is 0 Å². The van der Waals surface area contributed by atoms with Crippen LogP contribution in [-0.2, 0) is 0 Å². The molecule has 2 amide bonds. The van der Waals surface area contributed by atoms with Gasteiger partial charge in [0.2, 0.25) is 0 Å². The van der Waals surface area contributed by atoms with Gasteiger partial charge in [-0.2, -0.15) is 13.2 Å². The zero-order chi connectivity index (χ0) is 12.1. The van der Waals surface area contributed by atoms with Crippen molar-refractivity contribution < 1.29 is 18.0 Å². The molecule has 0 rings (SSSR count). The molecule has 4 nitrogen and oxygen atoms in total. The third-order valence-corrected chi connectivity index (χ3v) is 2.10. The van der Waals surface area contributed by atoms with Crippen LogP contribution in [0.25, 0.3) is 0 Å². The molecule has 0 aliphatic carbocycles. The van der Waals surface area contributed by atoms with E-state index in [0.717, 1.165) is 0 Å². The lowest BCUT2D eigenvalue weighted by molar-refractivity contribution is -0.122. The fourth-order valence-electron chi connectivity index (χ4n) is 0.783. The number of nitrogens with two attached hydrogens (primary N) is 1. The van der Waals surface area contributed by atoms with Crippen molar-refractivity contribution >= 4 is 6.03 Å². The number of carbonyl (C=O) groups excluding carboxylic acids is 1. The molecule has 0 aromatic heterocycles. The number of alkyl halides is 3. The minimum Gasteiger partial charge on any atom is -0.332 e. The number of urea groups is 1. The summed E-state index contributed by atoms with van der Waals surface area (Å²) >= 11 is 0. The fraction of sp³-hybridized carbons (Fsp3) is 0.875. The Morgan fingerprint density at radius 3 is 2.27 bits per heavy atom. The van der Waals surface area contributed by atoms with Gasteiger partial charge in [-0.1, -0.05) is 6.92 Å². The van der Waals surface area contributed by atoms with Gasteiger partial charge in [-0.05, 0) is 13.3 Å². The maximum Gasteiger partial charge on any atom is 0.405 e. The van der Waals surface area contributed by atoms with Gasteiger partial charge in [0, 0.05) is 6.54 Å². The molecule has 0 saturated heterocycles. The quantitative estimate of drug-likeness (QED) is 0.670. The number of hydrogen-bond donors (Lipinski definition) is 3. The third kappa shape index (κ3) is 6.16. The predicted molar refractivity (Wildman–Crippen MR) is 50.3 cm³/mol. The van der Waals surface area contributed by atoms with Crippen LogP contribution in [0.4, 0.5) is 18.0 Å². The second-order valence-electron chi connectivity index (χ2n) is 3.54. The van der Waals surface area contributed by atoms with E-state index in [2.05, 4.69) is 5.32 Å². The molecule has 0 aromatic carbocycles. The maximum absolute atomic E-state index is 11.7. The first-order valence-electron chi connectivity index (χ1n) is 4.55. The summed E-state index contributed by atoms with van der Waals surface area (Å²) in [6.45, 7) is 2.28. The monoisotopic (exact) mass is 227 g/mol. The topological polar surface area (TPSA) is 67.1 Å². The molecule has 1 atom stereocenters. The molecule has 0 spiro atoms. The average Bonchev–Trinajstić information content (AvgIpc) is 2.13. The van der Waals surface area contributed by atoms with E-state index in [1.165, 1.54) is 0 Å². The Kier molecular flexibility index (Phi) is 4.86. The van der Waals surface area contributed by atoms with Gasteiger partial charge in [0.25, 0.3) is 0 Å². The molecule has 0 aliphatic heterocycles. The van der Waals surface area contributed by atoms with E-state index in [1.54, 1.807) is 19.2 Å². The highest BCUT2D eigenvalue weighted by Crippen LogP contribution is 2.12. The Balaban J connectivity index is 4.04. The highest BCUT2D eigenvalue weighted by molar-refractivity contribution is 5.74. The van der Waals surface area contributed by atoms with Crippen molar-refractivity contribution in [2.45, 2.75) is 32.0 Å². The molecule has 7 heteroatoms. The van der Waals surface area contributed by atoms with Crippen molar-refractivity contribution in [1.29, 1.82) is 0 Å². The number of rotatable bonds is 4. The van der Waals surface area contributed by atoms with E-state index in [-0.39, 0.29) is 6.54 Å². The van der Waals surface area contributed by atoms with Crippen molar-refractivity contribution in [3.8, 4) is 0 Å². The van der Waals surface area contributed by atoms with Crippen molar-refractivity contribution in [2.24, 2.45) is 5.73 Å². The highest BCUT2D eigenvalue weighted by atomic mass is 19.4. The van der Waals surface area contributed by atoms with Crippen molar-refractivity contribution in [1.82, 2.24) is 10.6 Å². The Bertz CT molecular complexity index is 214. The Hall–Kier alpha value is -0.980. The van der Waals surface area contributed by atoms with Gasteiger partial charge in [-0.25, -0.2) is 4.79 Å². The van der Waals surface area contributed by atoms with Crippen molar-refractivity contribution in [2.75, 3.05) is 13.1 Å². The van der Waals surface area contributed by atoms with Gasteiger partial charge in [-0.15, -0.1) is 0 Å². The predicted octanol–water partition coefficient (Wildman–Crippen LogP) is 0.975. The van der Waals surface area contributed by atoms with E-state index in [1.807, 2.05) is 0 Å². The minimum atomic E-state index is -4.40. The molecule has 1 unspecified atom stereocenters. The number of carbonyl (C=O) groups is 1. The van der Waals surface area contributed by atoms with Crippen LogP contribution in [0.15, 0.2) is 0 Å². The minimum absolute atomic E-state index is 0.170. The third-order valence-electron chi connectivity index (χ3n) is 2.10. The first kappa shape index (κ1) is 14.0. The van der Waals surface area contributed by atoms with Gasteiger partial charge in [0.1, 0.15) is 6.54 Å². The van der Waals surface area contributed by atoms with Crippen molar-refractivity contribution in [3.63, 3.8) is 0 Å². The molecule has 4 N–H and O–H groups in total. The molecular weight excluding hydrogens is 211 g/mol. The summed E-state index contributed by atoms with van der Waals surface area (Å²) in [4.78, 5) is 11.0. The molecule has 15 heavy (non-hydrogen) atoms. The molecule has 0 heterocycles. The molecule has 0 radical (unpaired) electrons. The molecule has 90 valence electrons. The standard InChI is InChI=1S/C8H16F3N3O/c1-3-7(2,4-12)14-6(15)13-5-8(9,10)11/h3-5,12H2,1-2H3,(H2,13,14,15). The molecule has 0 aliphatic rings. The summed E-state index contributed by atoms with van der Waals surface area (Å²) in [5.74, 6) is 0. The SMILES string of the molecule is CCC(C)(CN)NC(=O)NCC(F)(F)F. The smallest absolute Gasteiger partial charge is 0.332 e. The number of hydrogen-bond acceptors (Lipinski definition) is 2. The van der Waals surface area contributed by atoms with Gasteiger partial charge < -0.3 is 16.4 Å². The van der Waals surface area contributed by atoms with Crippen LogP contribution in [0.5, 0.6) is 0 Å². The van der Waals surface area contributed by atoms with Crippen LogP contribution in [0.2, 0.25) is 0 Å². The number of halogens is 3. The van der Waals surface area contributed by atoms with Crippen LogP contribution in [0.1, 0.15) is 20.3 Å². The Morgan fingerprint density at radius 1 is 1.40 bits per heavy atom. The summed E-state index contributed by atoms with van der Waals surface area (Å²) in [6, 6.07) is -0.859.